The van der Waals surface area contributed by atoms with Gasteiger partial charge in [0.1, 0.15) is 15.5 Å². The van der Waals surface area contributed by atoms with Gasteiger partial charge in [-0.15, -0.1) is 0 Å². The van der Waals surface area contributed by atoms with Gasteiger partial charge in [-0.2, -0.15) is 11.2 Å². The first-order chi connectivity index (χ1) is 12.0. The summed E-state index contributed by atoms with van der Waals surface area (Å²) < 4.78 is 0. The van der Waals surface area contributed by atoms with Crippen molar-refractivity contribution in [3.8, 4) is 0 Å². The lowest BCUT2D eigenvalue weighted by Crippen LogP contribution is -2.52. The number of hydrogen-bond donors (Lipinski definition) is 1. The molecule has 0 spiro atoms. The van der Waals surface area contributed by atoms with Gasteiger partial charge in [0.15, 0.2) is 0 Å². The Bertz CT molecular complexity index is 302. The Hall–Kier alpha value is 0.744. The summed E-state index contributed by atoms with van der Waals surface area (Å²) in [5.74, 6) is 4.70. The molecular weight excluding hydrogens is 366 g/mol. The van der Waals surface area contributed by atoms with Gasteiger partial charge < -0.3 is 4.98 Å². The smallest absolute Gasteiger partial charge is 0.125 e. The molecule has 0 rings (SSSR count). The van der Waals surface area contributed by atoms with Crippen molar-refractivity contribution in [2.45, 2.75) is 106 Å². The highest BCUT2D eigenvalue weighted by atomic mass is 32.4. The molecule has 0 bridgehead atoms. The molecule has 0 unspecified atom stereocenters. The summed E-state index contributed by atoms with van der Waals surface area (Å²) in [6, 6.07) is 8.73. The summed E-state index contributed by atoms with van der Waals surface area (Å²) >= 11 is 2.41. The molecule has 158 valence electrons. The lowest BCUT2D eigenvalue weighted by atomic mass is 10.3. The molecule has 0 aromatic heterocycles. The first-order valence-electron chi connectivity index (χ1n) is 11.4. The van der Waals surface area contributed by atoms with Crippen LogP contribution in [0.3, 0.4) is 0 Å². The molecule has 0 atom stereocenters. The molecule has 26 heavy (non-hydrogen) atoms. The fourth-order valence-electron chi connectivity index (χ4n) is 4.87. The van der Waals surface area contributed by atoms with Gasteiger partial charge in [0, 0.05) is 0 Å². The molecule has 4 heteroatoms. The molecule has 0 aromatic carbocycles. The standard InChI is InChI=1S/C22H51NSSi2/c1-11-25(15-19(3)4,16-20(5)6)23-13-14-24-26(12-2,17-21(7)8)18-22(9)10/h19-23H,11-18H2,1-10H3. The van der Waals surface area contributed by atoms with E-state index in [1.54, 1.807) is 0 Å². The molecule has 0 aliphatic heterocycles. The van der Waals surface area contributed by atoms with Crippen LogP contribution >= 0.6 is 11.2 Å². The highest BCUT2D eigenvalue weighted by Gasteiger charge is 2.35. The molecule has 0 heterocycles. The number of nitrogens with one attached hydrogen (secondary N) is 1. The van der Waals surface area contributed by atoms with Crippen LogP contribution in [0.4, 0.5) is 0 Å². The van der Waals surface area contributed by atoms with E-state index >= 15 is 0 Å². The topological polar surface area (TPSA) is 12.0 Å². The van der Waals surface area contributed by atoms with Gasteiger partial charge in [-0.05, 0) is 66.2 Å². The van der Waals surface area contributed by atoms with Crippen LogP contribution in [0.1, 0.15) is 69.2 Å². The summed E-state index contributed by atoms with van der Waals surface area (Å²) in [4.78, 5) is 4.19. The van der Waals surface area contributed by atoms with Crippen LogP contribution in [-0.4, -0.2) is 27.8 Å². The Morgan fingerprint density at radius 3 is 1.38 bits per heavy atom. The molecule has 0 aromatic rings. The predicted molar refractivity (Wildman–Crippen MR) is 132 cm³/mol. The van der Waals surface area contributed by atoms with E-state index in [2.05, 4.69) is 85.4 Å². The summed E-state index contributed by atoms with van der Waals surface area (Å²) in [5.41, 5.74) is 0. The molecule has 0 saturated heterocycles. The van der Waals surface area contributed by atoms with Gasteiger partial charge in [-0.3, -0.25) is 0 Å². The van der Waals surface area contributed by atoms with Gasteiger partial charge in [0.05, 0.1) is 0 Å². The van der Waals surface area contributed by atoms with Crippen LogP contribution in [0.5, 0.6) is 0 Å². The second kappa shape index (κ2) is 13.1. The van der Waals surface area contributed by atoms with Crippen molar-refractivity contribution in [2.75, 3.05) is 12.3 Å². The first-order valence-corrected chi connectivity index (χ1v) is 18.3. The number of hydrogen-bond acceptors (Lipinski definition) is 2. The second-order valence-electron chi connectivity index (χ2n) is 10.3. The van der Waals surface area contributed by atoms with E-state index in [0.717, 1.165) is 23.7 Å². The van der Waals surface area contributed by atoms with Crippen molar-refractivity contribution in [1.82, 2.24) is 4.98 Å². The van der Waals surface area contributed by atoms with Crippen LogP contribution in [-0.2, 0) is 0 Å². The zero-order valence-corrected chi connectivity index (χ0v) is 22.7. The van der Waals surface area contributed by atoms with Crippen molar-refractivity contribution in [2.24, 2.45) is 23.7 Å². The molecule has 0 fully saturated rings. The van der Waals surface area contributed by atoms with E-state index in [0.29, 0.717) is 0 Å². The van der Waals surface area contributed by atoms with Crippen molar-refractivity contribution in [3.05, 3.63) is 0 Å². The predicted octanol–water partition coefficient (Wildman–Crippen LogP) is 7.86. The minimum atomic E-state index is -1.31. The van der Waals surface area contributed by atoms with E-state index in [9.17, 15) is 0 Å². The third kappa shape index (κ3) is 10.9. The average molecular weight is 418 g/mol. The van der Waals surface area contributed by atoms with Crippen molar-refractivity contribution < 1.29 is 0 Å². The Balaban J connectivity index is 4.88. The third-order valence-electron chi connectivity index (χ3n) is 5.49. The lowest BCUT2D eigenvalue weighted by molar-refractivity contribution is 0.655. The molecule has 0 saturated carbocycles. The number of rotatable bonds is 15. The molecule has 1 nitrogen and oxygen atoms in total. The molecule has 0 aliphatic carbocycles. The van der Waals surface area contributed by atoms with Gasteiger partial charge in [-0.25, -0.2) is 0 Å². The van der Waals surface area contributed by atoms with Crippen molar-refractivity contribution in [3.63, 3.8) is 0 Å². The summed E-state index contributed by atoms with van der Waals surface area (Å²) in [7, 11) is -2.49. The SMILES string of the molecule is CC[Si](CC(C)C)(CC(C)C)NCCS[Si](CC)(CC(C)C)CC(C)C. The monoisotopic (exact) mass is 417 g/mol. The van der Waals surface area contributed by atoms with Gasteiger partial charge in [0.2, 0.25) is 0 Å². The van der Waals surface area contributed by atoms with Crippen LogP contribution < -0.4 is 4.98 Å². The van der Waals surface area contributed by atoms with Crippen molar-refractivity contribution >= 4 is 26.7 Å². The largest absolute Gasteiger partial charge is 0.336 e. The Kier molecular flexibility index (Phi) is 13.4. The van der Waals surface area contributed by atoms with E-state index in [1.807, 2.05) is 0 Å². The Morgan fingerprint density at radius 2 is 1.08 bits per heavy atom. The highest BCUT2D eigenvalue weighted by molar-refractivity contribution is 8.29. The quantitative estimate of drug-likeness (QED) is 0.215. The van der Waals surface area contributed by atoms with Crippen LogP contribution in [0.25, 0.3) is 0 Å². The van der Waals surface area contributed by atoms with Crippen LogP contribution in [0.15, 0.2) is 0 Å². The van der Waals surface area contributed by atoms with Gasteiger partial charge in [-0.1, -0.05) is 75.3 Å². The summed E-state index contributed by atoms with van der Waals surface area (Å²) in [6.07, 6.45) is 0. The average Bonchev–Trinajstić information content (AvgIpc) is 2.48. The maximum atomic E-state index is 4.19. The minimum absolute atomic E-state index is 0.825. The minimum Gasteiger partial charge on any atom is -0.336 e. The highest BCUT2D eigenvalue weighted by Crippen LogP contribution is 2.38. The molecular formula is C22H51NSSi2. The third-order valence-corrected chi connectivity index (χ3v) is 20.8. The van der Waals surface area contributed by atoms with E-state index in [1.165, 1.54) is 48.6 Å². The van der Waals surface area contributed by atoms with E-state index < -0.39 is 15.5 Å². The molecule has 0 aliphatic rings. The van der Waals surface area contributed by atoms with Crippen molar-refractivity contribution in [1.29, 1.82) is 0 Å². The molecule has 0 amide bonds. The normalized spacial score (nSPS) is 13.6. The maximum Gasteiger partial charge on any atom is 0.125 e. The van der Waals surface area contributed by atoms with E-state index in [4.69, 9.17) is 0 Å². The molecule has 1 N–H and O–H groups in total. The molecule has 0 radical (unpaired) electrons. The van der Waals surface area contributed by atoms with Crippen LogP contribution in [0, 0.1) is 23.7 Å². The lowest BCUT2D eigenvalue weighted by Gasteiger charge is -2.37. The Morgan fingerprint density at radius 1 is 0.654 bits per heavy atom. The summed E-state index contributed by atoms with van der Waals surface area (Å²) in [5, 5.41) is 0. The zero-order valence-electron chi connectivity index (χ0n) is 19.9. The fraction of sp³-hybridized carbons (Fsp3) is 1.00. The first kappa shape index (κ1) is 26.7. The zero-order chi connectivity index (χ0) is 20.4. The Labute approximate surface area is 173 Å². The second-order valence-corrected chi connectivity index (χ2v) is 22.8. The van der Waals surface area contributed by atoms with Gasteiger partial charge >= 0.3 is 0 Å². The fourth-order valence-corrected chi connectivity index (χ4v) is 19.8. The van der Waals surface area contributed by atoms with E-state index in [-0.39, 0.29) is 0 Å². The summed E-state index contributed by atoms with van der Waals surface area (Å²) in [6.45, 7) is 25.5. The van der Waals surface area contributed by atoms with Crippen LogP contribution in [0.2, 0.25) is 36.3 Å². The maximum absolute atomic E-state index is 4.19. The van der Waals surface area contributed by atoms with Gasteiger partial charge in [0.25, 0.3) is 0 Å².